The molecular weight excluding hydrogens is 339 g/mol. The van der Waals surface area contributed by atoms with Crippen LogP contribution in [0.2, 0.25) is 0 Å². The summed E-state index contributed by atoms with van der Waals surface area (Å²) in [6.45, 7) is 0.593. The summed E-state index contributed by atoms with van der Waals surface area (Å²) in [5, 5.41) is 4.22. The maximum absolute atomic E-state index is 12.8. The van der Waals surface area contributed by atoms with Crippen LogP contribution in [0.15, 0.2) is 16.9 Å². The maximum Gasteiger partial charge on any atom is 0.417 e. The highest BCUT2D eigenvalue weighted by molar-refractivity contribution is 9.10. The lowest BCUT2D eigenvalue weighted by Gasteiger charge is -2.23. The van der Waals surface area contributed by atoms with Gasteiger partial charge in [0.15, 0.2) is 10.8 Å². The number of nitrogens with zero attached hydrogens (tertiary/aromatic N) is 3. The van der Waals surface area contributed by atoms with Crippen molar-refractivity contribution < 1.29 is 17.9 Å². The largest absolute Gasteiger partial charge is 0.417 e. The molecule has 1 aliphatic rings. The van der Waals surface area contributed by atoms with Crippen LogP contribution in [0.1, 0.15) is 31.1 Å². The Morgan fingerprint density at radius 3 is 2.80 bits per heavy atom. The summed E-state index contributed by atoms with van der Waals surface area (Å²) in [4.78, 5) is 3.86. The van der Waals surface area contributed by atoms with Crippen molar-refractivity contribution in [2.24, 2.45) is 0 Å². The van der Waals surface area contributed by atoms with Crippen LogP contribution in [0.4, 0.5) is 13.2 Å². The van der Waals surface area contributed by atoms with E-state index in [4.69, 9.17) is 4.74 Å². The van der Waals surface area contributed by atoms with Crippen LogP contribution in [0.5, 0.6) is 0 Å². The number of ether oxygens (including phenoxy) is 1. The second-order valence-electron chi connectivity index (χ2n) is 4.65. The van der Waals surface area contributed by atoms with Crippen molar-refractivity contribution in [2.75, 3.05) is 6.61 Å². The Labute approximate surface area is 121 Å². The Balaban J connectivity index is 2.11. The fraction of sp³-hybridized carbons (Fsp3) is 0.500. The lowest BCUT2D eigenvalue weighted by atomic mass is 10.2. The molecule has 4 nitrogen and oxygen atoms in total. The number of fused-ring (bicyclic) bond motifs is 1. The number of aromatic nitrogens is 3. The minimum atomic E-state index is -4.42. The topological polar surface area (TPSA) is 39.9 Å². The molecule has 0 aliphatic carbocycles. The average molecular weight is 350 g/mol. The molecular formula is C12H11BrF3N3O. The van der Waals surface area contributed by atoms with E-state index in [0.717, 1.165) is 31.5 Å². The van der Waals surface area contributed by atoms with Crippen LogP contribution in [0.25, 0.3) is 11.0 Å². The molecule has 20 heavy (non-hydrogen) atoms. The highest BCUT2D eigenvalue weighted by atomic mass is 79.9. The van der Waals surface area contributed by atoms with Gasteiger partial charge >= 0.3 is 6.18 Å². The summed E-state index contributed by atoms with van der Waals surface area (Å²) >= 11 is 3.23. The number of hydrogen-bond acceptors (Lipinski definition) is 3. The Kier molecular flexibility index (Phi) is 3.45. The second kappa shape index (κ2) is 5.00. The van der Waals surface area contributed by atoms with E-state index in [0.29, 0.717) is 22.2 Å². The Bertz CT molecular complexity index is 635. The molecule has 2 aromatic heterocycles. The Hall–Kier alpha value is -1.15. The van der Waals surface area contributed by atoms with Crippen molar-refractivity contribution >= 4 is 27.0 Å². The van der Waals surface area contributed by atoms with Crippen molar-refractivity contribution in [3.8, 4) is 0 Å². The molecule has 3 heterocycles. The number of hydrogen-bond donors (Lipinski definition) is 0. The zero-order chi connectivity index (χ0) is 14.3. The van der Waals surface area contributed by atoms with E-state index in [1.165, 1.54) is 4.68 Å². The predicted octanol–water partition coefficient (Wildman–Crippen LogP) is 3.91. The maximum atomic E-state index is 12.8. The highest BCUT2D eigenvalue weighted by Crippen LogP contribution is 2.34. The van der Waals surface area contributed by atoms with Gasteiger partial charge in [0.2, 0.25) is 0 Å². The fourth-order valence-electron chi connectivity index (χ4n) is 2.27. The van der Waals surface area contributed by atoms with Gasteiger partial charge in [-0.3, -0.25) is 4.98 Å². The van der Waals surface area contributed by atoms with E-state index in [9.17, 15) is 13.2 Å². The molecule has 0 unspecified atom stereocenters. The van der Waals surface area contributed by atoms with Crippen LogP contribution >= 0.6 is 15.9 Å². The van der Waals surface area contributed by atoms with E-state index >= 15 is 0 Å². The third-order valence-electron chi connectivity index (χ3n) is 3.26. The lowest BCUT2D eigenvalue weighted by Crippen LogP contribution is -2.19. The lowest BCUT2D eigenvalue weighted by molar-refractivity contribution is -0.137. The molecule has 8 heteroatoms. The minimum absolute atomic E-state index is 0.331. The van der Waals surface area contributed by atoms with Gasteiger partial charge in [-0.2, -0.15) is 18.3 Å². The van der Waals surface area contributed by atoms with Crippen molar-refractivity contribution in [3.63, 3.8) is 0 Å². The normalized spacial score (nSPS) is 20.5. The van der Waals surface area contributed by atoms with Crippen LogP contribution in [0.3, 0.4) is 0 Å². The van der Waals surface area contributed by atoms with Gasteiger partial charge in [0.1, 0.15) is 5.52 Å². The fourth-order valence-corrected chi connectivity index (χ4v) is 2.75. The van der Waals surface area contributed by atoms with Crippen molar-refractivity contribution in [2.45, 2.75) is 31.7 Å². The monoisotopic (exact) mass is 349 g/mol. The summed E-state index contributed by atoms with van der Waals surface area (Å²) in [6, 6.07) is 1.07. The van der Waals surface area contributed by atoms with Gasteiger partial charge in [-0.15, -0.1) is 0 Å². The van der Waals surface area contributed by atoms with Crippen molar-refractivity contribution in [1.82, 2.24) is 14.8 Å². The highest BCUT2D eigenvalue weighted by Gasteiger charge is 2.32. The molecule has 0 bridgehead atoms. The molecule has 0 spiro atoms. The van der Waals surface area contributed by atoms with Crippen LogP contribution in [-0.4, -0.2) is 21.4 Å². The van der Waals surface area contributed by atoms with Crippen LogP contribution in [0, 0.1) is 0 Å². The number of rotatable bonds is 1. The molecule has 0 radical (unpaired) electrons. The molecule has 0 N–H and O–H groups in total. The molecule has 2 aromatic rings. The molecule has 1 atom stereocenters. The molecule has 0 amide bonds. The Morgan fingerprint density at radius 1 is 1.35 bits per heavy atom. The van der Waals surface area contributed by atoms with E-state index in [-0.39, 0.29) is 6.23 Å². The van der Waals surface area contributed by atoms with Gasteiger partial charge in [-0.25, -0.2) is 4.68 Å². The van der Waals surface area contributed by atoms with Crippen LogP contribution < -0.4 is 0 Å². The molecule has 0 aromatic carbocycles. The quantitative estimate of drug-likeness (QED) is 0.783. The van der Waals surface area contributed by atoms with Gasteiger partial charge in [-0.1, -0.05) is 0 Å². The smallest absolute Gasteiger partial charge is 0.356 e. The molecule has 1 saturated heterocycles. The average Bonchev–Trinajstić information content (AvgIpc) is 2.76. The van der Waals surface area contributed by atoms with E-state index in [1.807, 2.05) is 0 Å². The SMILES string of the molecule is FC(F)(F)c1cnc2c(Br)nn([C@H]3CCCCO3)c2c1. The molecule has 108 valence electrons. The molecule has 3 rings (SSSR count). The van der Waals surface area contributed by atoms with Gasteiger partial charge in [0, 0.05) is 12.8 Å². The zero-order valence-corrected chi connectivity index (χ0v) is 11.9. The first kappa shape index (κ1) is 13.8. The number of pyridine rings is 1. The van der Waals surface area contributed by atoms with Gasteiger partial charge in [0.05, 0.1) is 11.1 Å². The summed E-state index contributed by atoms with van der Waals surface area (Å²) < 4.78 is 45.8. The Morgan fingerprint density at radius 2 is 2.15 bits per heavy atom. The predicted molar refractivity (Wildman–Crippen MR) is 69.1 cm³/mol. The first-order valence-corrected chi connectivity index (χ1v) is 6.98. The third-order valence-corrected chi connectivity index (χ3v) is 3.80. The van der Waals surface area contributed by atoms with Crippen LogP contribution in [-0.2, 0) is 10.9 Å². The molecule has 0 saturated carbocycles. The second-order valence-corrected chi connectivity index (χ2v) is 5.40. The van der Waals surface area contributed by atoms with Gasteiger partial charge < -0.3 is 4.74 Å². The first-order valence-electron chi connectivity index (χ1n) is 6.19. The molecule has 1 fully saturated rings. The number of alkyl halides is 3. The van der Waals surface area contributed by atoms with E-state index < -0.39 is 11.7 Å². The summed E-state index contributed by atoms with van der Waals surface area (Å²) in [6.07, 6.45) is -1.27. The number of halogens is 4. The summed E-state index contributed by atoms with van der Waals surface area (Å²) in [7, 11) is 0. The van der Waals surface area contributed by atoms with Crippen molar-refractivity contribution in [1.29, 1.82) is 0 Å². The molecule has 1 aliphatic heterocycles. The van der Waals surface area contributed by atoms with Gasteiger partial charge in [0.25, 0.3) is 0 Å². The van der Waals surface area contributed by atoms with E-state index in [1.54, 1.807) is 0 Å². The van der Waals surface area contributed by atoms with Gasteiger partial charge in [-0.05, 0) is 41.3 Å². The third kappa shape index (κ3) is 2.42. The first-order chi connectivity index (χ1) is 9.47. The zero-order valence-electron chi connectivity index (χ0n) is 10.3. The van der Waals surface area contributed by atoms with Crippen molar-refractivity contribution in [3.05, 3.63) is 22.4 Å². The minimum Gasteiger partial charge on any atom is -0.356 e. The standard InChI is InChI=1S/C12H11BrF3N3O/c13-11-10-8(5-7(6-17-10)12(14,15)16)19(18-11)9-3-1-2-4-20-9/h5-6,9H,1-4H2/t9-/m1/s1. The summed E-state index contributed by atoms with van der Waals surface area (Å²) in [5.74, 6) is 0. The van der Waals surface area contributed by atoms with E-state index in [2.05, 4.69) is 26.0 Å². The summed E-state index contributed by atoms with van der Waals surface area (Å²) in [5.41, 5.74) is -0.0415.